The van der Waals surface area contributed by atoms with Crippen LogP contribution in [0.15, 0.2) is 42.5 Å². The van der Waals surface area contributed by atoms with E-state index in [0.717, 1.165) is 22.5 Å². The van der Waals surface area contributed by atoms with Gasteiger partial charge in [-0.2, -0.15) is 0 Å². The maximum atomic E-state index is 11.0. The number of hydrogen-bond donors (Lipinski definition) is 1. The Hall–Kier alpha value is -3.09. The molecule has 124 valence electrons. The molecule has 0 aliphatic heterocycles. The number of nitro benzene ring substituents is 1. The van der Waals surface area contributed by atoms with Crippen molar-refractivity contribution in [3.63, 3.8) is 0 Å². The first-order valence-electron chi connectivity index (χ1n) is 7.65. The van der Waals surface area contributed by atoms with Crippen molar-refractivity contribution in [2.24, 2.45) is 7.05 Å². The number of para-hydroxylation sites is 2. The fourth-order valence-corrected chi connectivity index (χ4v) is 2.58. The fraction of sp³-hybridized carbons (Fsp3) is 0.235. The first-order valence-corrected chi connectivity index (χ1v) is 7.65. The summed E-state index contributed by atoms with van der Waals surface area (Å²) in [6, 6.07) is 12.7. The van der Waals surface area contributed by atoms with E-state index in [1.54, 1.807) is 19.1 Å². The molecule has 1 aromatic heterocycles. The summed E-state index contributed by atoms with van der Waals surface area (Å²) < 4.78 is 7.39. The Balaban J connectivity index is 1.81. The predicted octanol–water partition coefficient (Wildman–Crippen LogP) is 3.49. The summed E-state index contributed by atoms with van der Waals surface area (Å²) in [5, 5.41) is 14.3. The molecule has 0 bridgehead atoms. The quantitative estimate of drug-likeness (QED) is 0.554. The van der Waals surface area contributed by atoms with Gasteiger partial charge in [0.2, 0.25) is 0 Å². The van der Waals surface area contributed by atoms with Gasteiger partial charge in [0.15, 0.2) is 5.75 Å². The summed E-state index contributed by atoms with van der Waals surface area (Å²) in [6.45, 7) is 2.67. The molecule has 2 aromatic carbocycles. The van der Waals surface area contributed by atoms with Crippen molar-refractivity contribution in [1.29, 1.82) is 0 Å². The monoisotopic (exact) mass is 326 g/mol. The van der Waals surface area contributed by atoms with Gasteiger partial charge < -0.3 is 14.6 Å². The van der Waals surface area contributed by atoms with Crippen LogP contribution in [-0.2, 0) is 13.6 Å². The van der Waals surface area contributed by atoms with E-state index in [9.17, 15) is 10.1 Å². The van der Waals surface area contributed by atoms with Crippen LogP contribution < -0.4 is 10.1 Å². The van der Waals surface area contributed by atoms with Gasteiger partial charge in [-0.25, -0.2) is 4.98 Å². The Morgan fingerprint density at radius 2 is 2.08 bits per heavy atom. The normalized spacial score (nSPS) is 10.8. The van der Waals surface area contributed by atoms with E-state index in [0.29, 0.717) is 13.2 Å². The van der Waals surface area contributed by atoms with Crippen molar-refractivity contribution in [1.82, 2.24) is 9.55 Å². The molecule has 0 spiro atoms. The SMILES string of the molecule is CCOc1cc(NCc2nc3ccccc3n2C)ccc1[N+](=O)[O-]. The molecule has 0 aliphatic rings. The lowest BCUT2D eigenvalue weighted by molar-refractivity contribution is -0.385. The van der Waals surface area contributed by atoms with Crippen molar-refractivity contribution >= 4 is 22.4 Å². The van der Waals surface area contributed by atoms with Gasteiger partial charge in [0, 0.05) is 24.9 Å². The number of nitrogens with zero attached hydrogens (tertiary/aromatic N) is 3. The molecule has 0 atom stereocenters. The minimum Gasteiger partial charge on any atom is -0.487 e. The number of rotatable bonds is 6. The molecule has 0 saturated carbocycles. The third kappa shape index (κ3) is 3.01. The number of benzene rings is 2. The average Bonchev–Trinajstić information content (AvgIpc) is 2.90. The molecule has 1 N–H and O–H groups in total. The van der Waals surface area contributed by atoms with Crippen molar-refractivity contribution in [2.45, 2.75) is 13.5 Å². The van der Waals surface area contributed by atoms with Crippen LogP contribution in [-0.4, -0.2) is 21.1 Å². The van der Waals surface area contributed by atoms with E-state index < -0.39 is 4.92 Å². The number of hydrogen-bond acceptors (Lipinski definition) is 5. The first-order chi connectivity index (χ1) is 11.6. The molecule has 7 heteroatoms. The van der Waals surface area contributed by atoms with Crippen LogP contribution in [0.25, 0.3) is 11.0 Å². The van der Waals surface area contributed by atoms with Crippen molar-refractivity contribution in [3.8, 4) is 5.75 Å². The van der Waals surface area contributed by atoms with Crippen LogP contribution in [0.4, 0.5) is 11.4 Å². The third-order valence-electron chi connectivity index (χ3n) is 3.79. The molecule has 0 saturated heterocycles. The molecule has 1 heterocycles. The Morgan fingerprint density at radius 3 is 2.79 bits per heavy atom. The van der Waals surface area contributed by atoms with Gasteiger partial charge in [-0.05, 0) is 25.1 Å². The molecule has 0 amide bonds. The number of anilines is 1. The lowest BCUT2D eigenvalue weighted by Crippen LogP contribution is -2.06. The molecule has 3 rings (SSSR count). The third-order valence-corrected chi connectivity index (χ3v) is 3.79. The molecular formula is C17H18N4O3. The van der Waals surface area contributed by atoms with Gasteiger partial charge in [-0.1, -0.05) is 12.1 Å². The number of nitrogens with one attached hydrogen (secondary N) is 1. The topological polar surface area (TPSA) is 82.2 Å². The lowest BCUT2D eigenvalue weighted by atomic mass is 10.2. The van der Waals surface area contributed by atoms with Gasteiger partial charge in [0.1, 0.15) is 5.82 Å². The highest BCUT2D eigenvalue weighted by Gasteiger charge is 2.15. The molecule has 7 nitrogen and oxygen atoms in total. The number of ether oxygens (including phenoxy) is 1. The average molecular weight is 326 g/mol. The summed E-state index contributed by atoms with van der Waals surface area (Å²) >= 11 is 0. The maximum Gasteiger partial charge on any atom is 0.311 e. The molecule has 0 aliphatic carbocycles. The van der Waals surface area contributed by atoms with Crippen molar-refractivity contribution < 1.29 is 9.66 Å². The van der Waals surface area contributed by atoms with Crippen molar-refractivity contribution in [2.75, 3.05) is 11.9 Å². The van der Waals surface area contributed by atoms with E-state index in [1.165, 1.54) is 6.07 Å². The molecule has 24 heavy (non-hydrogen) atoms. The molecule has 0 unspecified atom stereocenters. The van der Waals surface area contributed by atoms with Crippen LogP contribution in [0, 0.1) is 10.1 Å². The number of fused-ring (bicyclic) bond motifs is 1. The molecule has 0 fully saturated rings. The Morgan fingerprint density at radius 1 is 1.29 bits per heavy atom. The number of nitro groups is 1. The molecule has 0 radical (unpaired) electrons. The van der Waals surface area contributed by atoms with E-state index in [1.807, 2.05) is 35.9 Å². The van der Waals surface area contributed by atoms with Crippen LogP contribution in [0.2, 0.25) is 0 Å². The van der Waals surface area contributed by atoms with Crippen LogP contribution >= 0.6 is 0 Å². The zero-order valence-electron chi connectivity index (χ0n) is 13.5. The van der Waals surface area contributed by atoms with Crippen molar-refractivity contribution in [3.05, 3.63) is 58.4 Å². The standard InChI is InChI=1S/C17H18N4O3/c1-3-24-16-10-12(8-9-15(16)21(22)23)18-11-17-19-13-6-4-5-7-14(13)20(17)2/h4-10,18H,3,11H2,1-2H3. The predicted molar refractivity (Wildman–Crippen MR) is 92.3 cm³/mol. The molecular weight excluding hydrogens is 308 g/mol. The summed E-state index contributed by atoms with van der Waals surface area (Å²) in [5.74, 6) is 1.14. The second-order valence-corrected chi connectivity index (χ2v) is 5.30. The summed E-state index contributed by atoms with van der Waals surface area (Å²) in [4.78, 5) is 15.2. The summed E-state index contributed by atoms with van der Waals surface area (Å²) in [5.41, 5.74) is 2.71. The zero-order valence-corrected chi connectivity index (χ0v) is 13.5. The number of aromatic nitrogens is 2. The molecule has 3 aromatic rings. The van der Waals surface area contributed by atoms with Crippen LogP contribution in [0.5, 0.6) is 5.75 Å². The number of aryl methyl sites for hydroxylation is 1. The Kier molecular flexibility index (Phi) is 4.33. The minimum atomic E-state index is -0.444. The zero-order chi connectivity index (χ0) is 17.1. The smallest absolute Gasteiger partial charge is 0.311 e. The van der Waals surface area contributed by atoms with E-state index in [4.69, 9.17) is 4.74 Å². The summed E-state index contributed by atoms with van der Waals surface area (Å²) in [7, 11) is 1.97. The second kappa shape index (κ2) is 6.57. The highest BCUT2D eigenvalue weighted by atomic mass is 16.6. The minimum absolute atomic E-state index is 0.0369. The van der Waals surface area contributed by atoms with E-state index >= 15 is 0 Å². The lowest BCUT2D eigenvalue weighted by Gasteiger charge is -2.09. The van der Waals surface area contributed by atoms with Gasteiger partial charge in [0.05, 0.1) is 29.1 Å². The Labute approximate surface area is 139 Å². The van der Waals surface area contributed by atoms with Crippen LogP contribution in [0.3, 0.4) is 0 Å². The second-order valence-electron chi connectivity index (χ2n) is 5.30. The van der Waals surface area contributed by atoms with Gasteiger partial charge in [0.25, 0.3) is 0 Å². The maximum absolute atomic E-state index is 11.0. The van der Waals surface area contributed by atoms with E-state index in [2.05, 4.69) is 10.3 Å². The van der Waals surface area contributed by atoms with Gasteiger partial charge in [-0.3, -0.25) is 10.1 Å². The van der Waals surface area contributed by atoms with Gasteiger partial charge >= 0.3 is 5.69 Å². The highest BCUT2D eigenvalue weighted by molar-refractivity contribution is 5.75. The first kappa shape index (κ1) is 15.8. The van der Waals surface area contributed by atoms with Crippen LogP contribution in [0.1, 0.15) is 12.7 Å². The summed E-state index contributed by atoms with van der Waals surface area (Å²) in [6.07, 6.45) is 0. The highest BCUT2D eigenvalue weighted by Crippen LogP contribution is 2.30. The Bertz CT molecular complexity index is 889. The van der Waals surface area contributed by atoms with E-state index in [-0.39, 0.29) is 11.4 Å². The fourth-order valence-electron chi connectivity index (χ4n) is 2.58. The largest absolute Gasteiger partial charge is 0.487 e. The van der Waals surface area contributed by atoms with Gasteiger partial charge in [-0.15, -0.1) is 0 Å². The number of imidazole rings is 1.